The Labute approximate surface area is 109 Å². The highest BCUT2D eigenvalue weighted by Crippen LogP contribution is 2.10. The number of nitrogens with two attached hydrogens (primary N) is 1. The molecule has 0 aromatic heterocycles. The van der Waals surface area contributed by atoms with Crippen LogP contribution in [-0.4, -0.2) is 37.3 Å². The van der Waals surface area contributed by atoms with E-state index >= 15 is 0 Å². The van der Waals surface area contributed by atoms with E-state index in [-0.39, 0.29) is 0 Å². The van der Waals surface area contributed by atoms with Crippen molar-refractivity contribution >= 4 is 11.4 Å². The van der Waals surface area contributed by atoms with Gasteiger partial charge in [0.15, 0.2) is 0 Å². The molecule has 1 aliphatic rings. The normalized spacial score (nSPS) is 18.3. The van der Waals surface area contributed by atoms with Crippen LogP contribution in [-0.2, 0) is 0 Å². The summed E-state index contributed by atoms with van der Waals surface area (Å²) in [5.41, 5.74) is 9.00. The second-order valence-corrected chi connectivity index (χ2v) is 4.66. The molecule has 96 valence electrons. The van der Waals surface area contributed by atoms with Crippen LogP contribution in [0.2, 0.25) is 0 Å². The summed E-state index contributed by atoms with van der Waals surface area (Å²) < 4.78 is 0. The van der Waals surface area contributed by atoms with E-state index in [2.05, 4.69) is 9.89 Å². The molecule has 0 bridgehead atoms. The van der Waals surface area contributed by atoms with Gasteiger partial charge in [-0.1, -0.05) is 30.3 Å². The van der Waals surface area contributed by atoms with Crippen LogP contribution >= 0.6 is 0 Å². The molecular weight excluding hydrogens is 222 g/mol. The van der Waals surface area contributed by atoms with E-state index in [1.54, 1.807) is 0 Å². The Balaban J connectivity index is 2.05. The Morgan fingerprint density at radius 1 is 1.28 bits per heavy atom. The van der Waals surface area contributed by atoms with Gasteiger partial charge in [-0.2, -0.15) is 0 Å². The first-order valence-corrected chi connectivity index (χ1v) is 6.50. The van der Waals surface area contributed by atoms with Gasteiger partial charge in [-0.05, 0) is 37.6 Å². The van der Waals surface area contributed by atoms with Gasteiger partial charge in [-0.3, -0.25) is 9.89 Å². The lowest BCUT2D eigenvalue weighted by Gasteiger charge is -2.14. The predicted octanol–water partition coefficient (Wildman–Crippen LogP) is 2.15. The summed E-state index contributed by atoms with van der Waals surface area (Å²) >= 11 is 0. The Morgan fingerprint density at radius 2 is 1.94 bits per heavy atom. The zero-order chi connectivity index (χ0) is 12.8. The lowest BCUT2D eigenvalue weighted by Crippen LogP contribution is -2.26. The number of aliphatic imine (C=N–C) groups is 1. The van der Waals surface area contributed by atoms with Crippen molar-refractivity contribution in [2.75, 3.05) is 26.7 Å². The standard InChI is InChI=1S/C15H21N3/c1-17-14(12-18-9-5-6-10-18)11-15(16)13-7-3-2-4-8-13/h2-4,7-8,11H,5-6,9-10,12,16H2,1H3/b15-11-,17-14?. The highest BCUT2D eigenvalue weighted by Gasteiger charge is 2.12. The van der Waals surface area contributed by atoms with Crippen LogP contribution in [0.3, 0.4) is 0 Å². The maximum absolute atomic E-state index is 6.11. The van der Waals surface area contributed by atoms with E-state index in [9.17, 15) is 0 Å². The minimum atomic E-state index is 0.787. The first kappa shape index (κ1) is 12.8. The van der Waals surface area contributed by atoms with Gasteiger partial charge in [0.25, 0.3) is 0 Å². The monoisotopic (exact) mass is 243 g/mol. The van der Waals surface area contributed by atoms with Crippen LogP contribution in [0.25, 0.3) is 5.70 Å². The highest BCUT2D eigenvalue weighted by atomic mass is 15.1. The first-order chi connectivity index (χ1) is 8.79. The van der Waals surface area contributed by atoms with Crippen molar-refractivity contribution in [1.29, 1.82) is 0 Å². The second-order valence-electron chi connectivity index (χ2n) is 4.66. The number of hydrogen-bond donors (Lipinski definition) is 1. The van der Waals surface area contributed by atoms with Gasteiger partial charge in [0.2, 0.25) is 0 Å². The van der Waals surface area contributed by atoms with Crippen molar-refractivity contribution in [1.82, 2.24) is 4.90 Å². The summed E-state index contributed by atoms with van der Waals surface area (Å²) in [6.07, 6.45) is 4.59. The lowest BCUT2D eigenvalue weighted by atomic mass is 10.1. The fraction of sp³-hybridized carbons (Fsp3) is 0.400. The van der Waals surface area contributed by atoms with E-state index in [0.29, 0.717) is 0 Å². The third-order valence-corrected chi connectivity index (χ3v) is 3.30. The van der Waals surface area contributed by atoms with Crippen LogP contribution in [0.4, 0.5) is 0 Å². The molecule has 1 fully saturated rings. The molecule has 3 nitrogen and oxygen atoms in total. The summed E-state index contributed by atoms with van der Waals surface area (Å²) in [5.74, 6) is 0. The van der Waals surface area contributed by atoms with E-state index in [4.69, 9.17) is 5.73 Å². The predicted molar refractivity (Wildman–Crippen MR) is 77.6 cm³/mol. The molecule has 0 aliphatic carbocycles. The quantitative estimate of drug-likeness (QED) is 0.823. The third-order valence-electron chi connectivity index (χ3n) is 3.30. The molecule has 1 aromatic rings. The van der Waals surface area contributed by atoms with Gasteiger partial charge >= 0.3 is 0 Å². The summed E-state index contributed by atoms with van der Waals surface area (Å²) in [5, 5.41) is 0. The molecule has 1 aromatic carbocycles. The molecule has 0 spiro atoms. The maximum atomic E-state index is 6.11. The van der Waals surface area contributed by atoms with Gasteiger partial charge in [-0.25, -0.2) is 0 Å². The lowest BCUT2D eigenvalue weighted by molar-refractivity contribution is 0.388. The summed E-state index contributed by atoms with van der Waals surface area (Å²) in [7, 11) is 1.83. The van der Waals surface area contributed by atoms with E-state index in [1.165, 1.54) is 25.9 Å². The van der Waals surface area contributed by atoms with E-state index < -0.39 is 0 Å². The Bertz CT molecular complexity index is 428. The van der Waals surface area contributed by atoms with Crippen LogP contribution in [0, 0.1) is 0 Å². The molecule has 0 atom stereocenters. The van der Waals surface area contributed by atoms with Gasteiger partial charge in [0.05, 0.1) is 5.71 Å². The van der Waals surface area contributed by atoms with Crippen LogP contribution < -0.4 is 5.73 Å². The smallest absolute Gasteiger partial charge is 0.0505 e. The Kier molecular flexibility index (Phi) is 4.53. The third kappa shape index (κ3) is 3.44. The molecule has 0 amide bonds. The van der Waals surface area contributed by atoms with Gasteiger partial charge in [0, 0.05) is 19.3 Å². The topological polar surface area (TPSA) is 41.6 Å². The van der Waals surface area contributed by atoms with Gasteiger partial charge in [-0.15, -0.1) is 0 Å². The van der Waals surface area contributed by atoms with Crippen molar-refractivity contribution in [3.63, 3.8) is 0 Å². The molecule has 3 heteroatoms. The van der Waals surface area contributed by atoms with Gasteiger partial charge < -0.3 is 5.73 Å². The van der Waals surface area contributed by atoms with Crippen LogP contribution in [0.15, 0.2) is 41.4 Å². The SMILES string of the molecule is CN=C(/C=C(\N)c1ccccc1)CN1CCCC1. The average molecular weight is 243 g/mol. The van der Waals surface area contributed by atoms with Crippen molar-refractivity contribution < 1.29 is 0 Å². The fourth-order valence-electron chi connectivity index (χ4n) is 2.24. The zero-order valence-electron chi connectivity index (χ0n) is 11.0. The van der Waals surface area contributed by atoms with Crippen molar-refractivity contribution in [2.24, 2.45) is 10.7 Å². The molecule has 1 saturated heterocycles. The Hall–Kier alpha value is -1.61. The molecule has 18 heavy (non-hydrogen) atoms. The average Bonchev–Trinajstić information content (AvgIpc) is 2.91. The largest absolute Gasteiger partial charge is 0.398 e. The van der Waals surface area contributed by atoms with Crippen LogP contribution in [0.1, 0.15) is 18.4 Å². The van der Waals surface area contributed by atoms with Crippen molar-refractivity contribution in [3.05, 3.63) is 42.0 Å². The molecular formula is C15H21N3. The summed E-state index contributed by atoms with van der Waals surface area (Å²) in [6.45, 7) is 3.26. The first-order valence-electron chi connectivity index (χ1n) is 6.50. The van der Waals surface area contributed by atoms with Crippen molar-refractivity contribution in [3.8, 4) is 0 Å². The maximum Gasteiger partial charge on any atom is 0.0505 e. The Morgan fingerprint density at radius 3 is 2.56 bits per heavy atom. The number of likely N-dealkylation sites (tertiary alicyclic amines) is 1. The van der Waals surface area contributed by atoms with Gasteiger partial charge in [0.1, 0.15) is 0 Å². The number of rotatable bonds is 4. The number of nitrogens with zero attached hydrogens (tertiary/aromatic N) is 2. The van der Waals surface area contributed by atoms with Crippen molar-refractivity contribution in [2.45, 2.75) is 12.8 Å². The fourth-order valence-corrected chi connectivity index (χ4v) is 2.24. The minimum absolute atomic E-state index is 0.787. The molecule has 1 heterocycles. The summed E-state index contributed by atoms with van der Waals surface area (Å²) in [4.78, 5) is 6.76. The molecule has 0 radical (unpaired) electrons. The molecule has 2 N–H and O–H groups in total. The molecule has 1 aliphatic heterocycles. The zero-order valence-corrected chi connectivity index (χ0v) is 11.0. The summed E-state index contributed by atoms with van der Waals surface area (Å²) in [6, 6.07) is 10.0. The number of hydrogen-bond acceptors (Lipinski definition) is 3. The molecule has 0 saturated carbocycles. The second kappa shape index (κ2) is 6.36. The van der Waals surface area contributed by atoms with E-state index in [1.807, 2.05) is 43.5 Å². The van der Waals surface area contributed by atoms with E-state index in [0.717, 1.165) is 23.5 Å². The highest BCUT2D eigenvalue weighted by molar-refractivity contribution is 6.01. The molecule has 0 unspecified atom stereocenters. The number of benzene rings is 1. The van der Waals surface area contributed by atoms with Crippen LogP contribution in [0.5, 0.6) is 0 Å². The minimum Gasteiger partial charge on any atom is -0.398 e. The molecule has 2 rings (SSSR count).